The van der Waals surface area contributed by atoms with Crippen LogP contribution >= 0.6 is 0 Å². The Labute approximate surface area is 80.2 Å². The monoisotopic (exact) mass is 204 g/mol. The molecule has 0 amide bonds. The molecule has 0 radical (unpaired) electrons. The molecule has 0 aromatic heterocycles. The zero-order valence-electron chi connectivity index (χ0n) is 7.67. The molecule has 0 aliphatic carbocycles. The van der Waals surface area contributed by atoms with E-state index in [1.807, 2.05) is 0 Å². The summed E-state index contributed by atoms with van der Waals surface area (Å²) in [7, 11) is 0. The van der Waals surface area contributed by atoms with Crippen molar-refractivity contribution < 1.29 is 18.3 Å². The van der Waals surface area contributed by atoms with Crippen LogP contribution in [0.2, 0.25) is 0 Å². The van der Waals surface area contributed by atoms with Crippen molar-refractivity contribution in [1.82, 2.24) is 0 Å². The molecule has 0 aliphatic heterocycles. The molecule has 0 bridgehead atoms. The summed E-state index contributed by atoms with van der Waals surface area (Å²) in [6.45, 7) is 1.52. The van der Waals surface area contributed by atoms with Gasteiger partial charge in [-0.2, -0.15) is 13.2 Å². The standard InChI is InChI=1S/C10H11F3O/c1-7(6-14)8-3-2-4-9(5-8)10(11,12)13/h2-5,7,14H,6H2,1H3/t7-/m0/s1. The molecule has 78 valence electrons. The molecule has 1 aromatic carbocycles. The lowest BCUT2D eigenvalue weighted by molar-refractivity contribution is -0.137. The molecule has 0 saturated heterocycles. The van der Waals surface area contributed by atoms with Crippen molar-refractivity contribution in [3.8, 4) is 0 Å². The molecule has 1 atom stereocenters. The lowest BCUT2D eigenvalue weighted by atomic mass is 10.00. The van der Waals surface area contributed by atoms with Gasteiger partial charge in [-0.25, -0.2) is 0 Å². The first-order valence-electron chi connectivity index (χ1n) is 4.23. The van der Waals surface area contributed by atoms with Gasteiger partial charge >= 0.3 is 6.18 Å². The Balaban J connectivity index is 3.01. The maximum Gasteiger partial charge on any atom is 0.416 e. The highest BCUT2D eigenvalue weighted by Gasteiger charge is 2.30. The minimum absolute atomic E-state index is 0.151. The van der Waals surface area contributed by atoms with Crippen LogP contribution in [-0.2, 0) is 6.18 Å². The van der Waals surface area contributed by atoms with Crippen LogP contribution in [0.3, 0.4) is 0 Å². The second kappa shape index (κ2) is 4.00. The van der Waals surface area contributed by atoms with Gasteiger partial charge < -0.3 is 5.11 Å². The summed E-state index contributed by atoms with van der Waals surface area (Å²) < 4.78 is 36.8. The van der Waals surface area contributed by atoms with E-state index in [1.54, 1.807) is 13.0 Å². The van der Waals surface area contributed by atoms with Gasteiger partial charge in [0, 0.05) is 12.5 Å². The van der Waals surface area contributed by atoms with Crippen molar-refractivity contribution in [3.05, 3.63) is 35.4 Å². The zero-order valence-corrected chi connectivity index (χ0v) is 7.67. The van der Waals surface area contributed by atoms with E-state index in [0.717, 1.165) is 12.1 Å². The van der Waals surface area contributed by atoms with Gasteiger partial charge in [0.25, 0.3) is 0 Å². The number of hydrogen-bond donors (Lipinski definition) is 1. The predicted molar refractivity (Wildman–Crippen MR) is 46.9 cm³/mol. The third kappa shape index (κ3) is 2.48. The molecule has 0 saturated carbocycles. The fourth-order valence-corrected chi connectivity index (χ4v) is 1.13. The molecule has 1 nitrogen and oxygen atoms in total. The number of halogens is 3. The Morgan fingerprint density at radius 3 is 2.50 bits per heavy atom. The van der Waals surface area contributed by atoms with E-state index in [-0.39, 0.29) is 12.5 Å². The smallest absolute Gasteiger partial charge is 0.396 e. The van der Waals surface area contributed by atoms with Gasteiger partial charge in [-0.05, 0) is 11.6 Å². The summed E-state index contributed by atoms with van der Waals surface area (Å²) in [4.78, 5) is 0. The van der Waals surface area contributed by atoms with Crippen LogP contribution in [0.15, 0.2) is 24.3 Å². The molecular formula is C10H11F3O. The maximum atomic E-state index is 12.3. The second-order valence-electron chi connectivity index (χ2n) is 3.21. The van der Waals surface area contributed by atoms with Crippen molar-refractivity contribution >= 4 is 0 Å². The molecule has 1 aromatic rings. The Kier molecular flexibility index (Phi) is 3.16. The number of rotatable bonds is 2. The van der Waals surface area contributed by atoms with Crippen molar-refractivity contribution in [1.29, 1.82) is 0 Å². The highest BCUT2D eigenvalue weighted by molar-refractivity contribution is 5.27. The number of hydrogen-bond acceptors (Lipinski definition) is 1. The SMILES string of the molecule is C[C@@H](CO)c1cccc(C(F)(F)F)c1. The molecule has 0 spiro atoms. The largest absolute Gasteiger partial charge is 0.416 e. The van der Waals surface area contributed by atoms with Crippen LogP contribution in [0, 0.1) is 0 Å². The quantitative estimate of drug-likeness (QED) is 0.785. The molecule has 0 aliphatic rings. The fraction of sp³-hybridized carbons (Fsp3) is 0.400. The summed E-state index contributed by atoms with van der Waals surface area (Å²) in [5.74, 6) is -0.266. The van der Waals surface area contributed by atoms with E-state index in [4.69, 9.17) is 5.11 Å². The van der Waals surface area contributed by atoms with Crippen LogP contribution in [0.4, 0.5) is 13.2 Å². The Morgan fingerprint density at radius 1 is 1.36 bits per heavy atom. The molecule has 4 heteroatoms. The zero-order chi connectivity index (χ0) is 10.8. The van der Waals surface area contributed by atoms with Crippen molar-refractivity contribution in [3.63, 3.8) is 0 Å². The Hall–Kier alpha value is -1.03. The van der Waals surface area contributed by atoms with E-state index in [2.05, 4.69) is 0 Å². The van der Waals surface area contributed by atoms with Gasteiger partial charge in [0.05, 0.1) is 5.56 Å². The molecule has 1 rings (SSSR count). The molecule has 0 unspecified atom stereocenters. The van der Waals surface area contributed by atoms with E-state index >= 15 is 0 Å². The number of benzene rings is 1. The van der Waals surface area contributed by atoms with Gasteiger partial charge in [-0.15, -0.1) is 0 Å². The van der Waals surface area contributed by atoms with Gasteiger partial charge in [-0.1, -0.05) is 25.1 Å². The first-order valence-corrected chi connectivity index (χ1v) is 4.23. The van der Waals surface area contributed by atoms with Crippen molar-refractivity contribution in [2.45, 2.75) is 19.0 Å². The van der Waals surface area contributed by atoms with Gasteiger partial charge in [0.2, 0.25) is 0 Å². The predicted octanol–water partition coefficient (Wildman–Crippen LogP) is 2.80. The van der Waals surface area contributed by atoms with Crippen LogP contribution in [0.5, 0.6) is 0 Å². The van der Waals surface area contributed by atoms with Crippen LogP contribution in [-0.4, -0.2) is 11.7 Å². The topological polar surface area (TPSA) is 20.2 Å². The Morgan fingerprint density at radius 2 is 2.00 bits per heavy atom. The summed E-state index contributed by atoms with van der Waals surface area (Å²) in [6.07, 6.45) is -4.31. The first-order chi connectivity index (χ1) is 6.45. The third-order valence-electron chi connectivity index (χ3n) is 2.06. The highest BCUT2D eigenvalue weighted by atomic mass is 19.4. The summed E-state index contributed by atoms with van der Waals surface area (Å²) >= 11 is 0. The minimum Gasteiger partial charge on any atom is -0.396 e. The minimum atomic E-state index is -4.31. The molecular weight excluding hydrogens is 193 g/mol. The average Bonchev–Trinajstić information content (AvgIpc) is 2.15. The van der Waals surface area contributed by atoms with E-state index < -0.39 is 11.7 Å². The van der Waals surface area contributed by atoms with Gasteiger partial charge in [-0.3, -0.25) is 0 Å². The van der Waals surface area contributed by atoms with Crippen LogP contribution in [0.25, 0.3) is 0 Å². The average molecular weight is 204 g/mol. The van der Waals surface area contributed by atoms with Gasteiger partial charge in [0.15, 0.2) is 0 Å². The van der Waals surface area contributed by atoms with Crippen LogP contribution < -0.4 is 0 Å². The molecule has 0 heterocycles. The normalized spacial score (nSPS) is 14.1. The number of alkyl halides is 3. The lowest BCUT2D eigenvalue weighted by Gasteiger charge is -2.11. The Bertz CT molecular complexity index is 306. The van der Waals surface area contributed by atoms with E-state index in [9.17, 15) is 13.2 Å². The molecule has 14 heavy (non-hydrogen) atoms. The molecule has 0 fully saturated rings. The van der Waals surface area contributed by atoms with Crippen LogP contribution in [0.1, 0.15) is 24.0 Å². The number of aliphatic hydroxyl groups excluding tert-OH is 1. The van der Waals surface area contributed by atoms with E-state index in [1.165, 1.54) is 6.07 Å². The van der Waals surface area contributed by atoms with Gasteiger partial charge in [0.1, 0.15) is 0 Å². The summed E-state index contributed by atoms with van der Waals surface area (Å²) in [5, 5.41) is 8.80. The molecule has 1 N–H and O–H groups in total. The lowest BCUT2D eigenvalue weighted by Crippen LogP contribution is -2.07. The van der Waals surface area contributed by atoms with Crippen molar-refractivity contribution in [2.75, 3.05) is 6.61 Å². The fourth-order valence-electron chi connectivity index (χ4n) is 1.13. The third-order valence-corrected chi connectivity index (χ3v) is 2.06. The van der Waals surface area contributed by atoms with E-state index in [0.29, 0.717) is 5.56 Å². The second-order valence-corrected chi connectivity index (χ2v) is 3.21. The number of aliphatic hydroxyl groups is 1. The van der Waals surface area contributed by atoms with Crippen molar-refractivity contribution in [2.24, 2.45) is 0 Å². The first kappa shape index (κ1) is 11.0. The summed E-state index contributed by atoms with van der Waals surface area (Å²) in [6, 6.07) is 5.02. The summed E-state index contributed by atoms with van der Waals surface area (Å²) in [5.41, 5.74) is -0.169. The highest BCUT2D eigenvalue weighted by Crippen LogP contribution is 2.30. The maximum absolute atomic E-state index is 12.3.